The molecule has 1 fully saturated rings. The number of nitrogens with two attached hydrogens (primary N) is 1. The molecule has 5 heteroatoms. The number of carbonyl (C=O) groups is 1. The molecule has 1 aliphatic heterocycles. The predicted octanol–water partition coefficient (Wildman–Crippen LogP) is 1.04. The molecule has 0 aromatic carbocycles. The SMILES string of the molecule is CCOC(=O)c1ccc(N2CCC(CN)C2)nc1. The molecular weight excluding hydrogens is 230 g/mol. The van der Waals surface area contributed by atoms with Gasteiger partial charge in [-0.3, -0.25) is 0 Å². The summed E-state index contributed by atoms with van der Waals surface area (Å²) in [7, 11) is 0. The summed E-state index contributed by atoms with van der Waals surface area (Å²) in [6, 6.07) is 3.63. The molecule has 0 radical (unpaired) electrons. The molecule has 1 saturated heterocycles. The van der Waals surface area contributed by atoms with Crippen molar-refractivity contribution in [3.05, 3.63) is 23.9 Å². The first-order chi connectivity index (χ1) is 8.74. The summed E-state index contributed by atoms with van der Waals surface area (Å²) in [6.45, 7) is 4.81. The van der Waals surface area contributed by atoms with Crippen LogP contribution in [0.15, 0.2) is 18.3 Å². The van der Waals surface area contributed by atoms with Crippen LogP contribution in [0.4, 0.5) is 5.82 Å². The molecule has 1 aromatic rings. The normalized spacial score (nSPS) is 19.0. The molecular formula is C13H19N3O2. The Hall–Kier alpha value is -1.62. The topological polar surface area (TPSA) is 68.5 Å². The van der Waals surface area contributed by atoms with Crippen molar-refractivity contribution >= 4 is 11.8 Å². The monoisotopic (exact) mass is 249 g/mol. The van der Waals surface area contributed by atoms with Crippen LogP contribution in [-0.4, -0.2) is 37.2 Å². The van der Waals surface area contributed by atoms with Gasteiger partial charge in [-0.05, 0) is 37.9 Å². The maximum atomic E-state index is 11.5. The Labute approximate surface area is 107 Å². The van der Waals surface area contributed by atoms with Crippen LogP contribution in [0, 0.1) is 5.92 Å². The molecule has 0 amide bonds. The molecule has 0 saturated carbocycles. The molecule has 2 N–H and O–H groups in total. The summed E-state index contributed by atoms with van der Waals surface area (Å²) >= 11 is 0. The number of hydrogen-bond donors (Lipinski definition) is 1. The minimum Gasteiger partial charge on any atom is -0.462 e. The zero-order valence-corrected chi connectivity index (χ0v) is 10.6. The zero-order chi connectivity index (χ0) is 13.0. The largest absolute Gasteiger partial charge is 0.462 e. The van der Waals surface area contributed by atoms with Gasteiger partial charge in [0.15, 0.2) is 0 Å². The number of hydrogen-bond acceptors (Lipinski definition) is 5. The van der Waals surface area contributed by atoms with E-state index in [-0.39, 0.29) is 5.97 Å². The van der Waals surface area contributed by atoms with Crippen LogP contribution in [0.2, 0.25) is 0 Å². The van der Waals surface area contributed by atoms with E-state index in [2.05, 4.69) is 9.88 Å². The number of aromatic nitrogens is 1. The highest BCUT2D eigenvalue weighted by Crippen LogP contribution is 2.21. The number of carbonyl (C=O) groups excluding carboxylic acids is 1. The highest BCUT2D eigenvalue weighted by molar-refractivity contribution is 5.89. The fourth-order valence-electron chi connectivity index (χ4n) is 2.14. The Balaban J connectivity index is 2.02. The van der Waals surface area contributed by atoms with Crippen molar-refractivity contribution in [3.63, 3.8) is 0 Å². The summed E-state index contributed by atoms with van der Waals surface area (Å²) in [4.78, 5) is 18.0. The van der Waals surface area contributed by atoms with E-state index in [1.54, 1.807) is 19.2 Å². The van der Waals surface area contributed by atoms with Gasteiger partial charge >= 0.3 is 5.97 Å². The van der Waals surface area contributed by atoms with E-state index in [9.17, 15) is 4.79 Å². The zero-order valence-electron chi connectivity index (χ0n) is 10.6. The minimum atomic E-state index is -0.321. The van der Waals surface area contributed by atoms with Crippen molar-refractivity contribution in [1.82, 2.24) is 4.98 Å². The van der Waals surface area contributed by atoms with Crippen LogP contribution in [0.3, 0.4) is 0 Å². The van der Waals surface area contributed by atoms with Crippen LogP contribution in [-0.2, 0) is 4.74 Å². The van der Waals surface area contributed by atoms with E-state index in [0.717, 1.165) is 31.9 Å². The van der Waals surface area contributed by atoms with Crippen molar-refractivity contribution < 1.29 is 9.53 Å². The van der Waals surface area contributed by atoms with Crippen LogP contribution in [0.5, 0.6) is 0 Å². The van der Waals surface area contributed by atoms with E-state index >= 15 is 0 Å². The summed E-state index contributed by atoms with van der Waals surface area (Å²) in [5.74, 6) is 1.13. The van der Waals surface area contributed by atoms with Gasteiger partial charge < -0.3 is 15.4 Å². The van der Waals surface area contributed by atoms with Crippen LogP contribution in [0.25, 0.3) is 0 Å². The predicted molar refractivity (Wildman–Crippen MR) is 69.6 cm³/mol. The molecule has 18 heavy (non-hydrogen) atoms. The van der Waals surface area contributed by atoms with E-state index < -0.39 is 0 Å². The molecule has 2 heterocycles. The lowest BCUT2D eigenvalue weighted by Crippen LogP contribution is -2.23. The molecule has 1 atom stereocenters. The van der Waals surface area contributed by atoms with Crippen molar-refractivity contribution in [1.29, 1.82) is 0 Å². The van der Waals surface area contributed by atoms with Crippen molar-refractivity contribution in [3.8, 4) is 0 Å². The molecule has 0 spiro atoms. The fourth-order valence-corrected chi connectivity index (χ4v) is 2.14. The van der Waals surface area contributed by atoms with E-state index in [1.165, 1.54) is 0 Å². The average Bonchev–Trinajstić information content (AvgIpc) is 2.88. The lowest BCUT2D eigenvalue weighted by Gasteiger charge is -2.17. The standard InChI is InChI=1S/C13H19N3O2/c1-2-18-13(17)11-3-4-12(15-8-11)16-6-5-10(7-14)9-16/h3-4,8,10H,2,5-7,9,14H2,1H3. The lowest BCUT2D eigenvalue weighted by molar-refractivity contribution is 0.0526. The lowest BCUT2D eigenvalue weighted by atomic mass is 10.1. The minimum absolute atomic E-state index is 0.321. The first-order valence-electron chi connectivity index (χ1n) is 6.32. The highest BCUT2D eigenvalue weighted by atomic mass is 16.5. The summed E-state index contributed by atoms with van der Waals surface area (Å²) in [5, 5.41) is 0. The van der Waals surface area contributed by atoms with Gasteiger partial charge in [-0.15, -0.1) is 0 Å². The van der Waals surface area contributed by atoms with Crippen molar-refractivity contribution in [2.24, 2.45) is 11.7 Å². The van der Waals surface area contributed by atoms with Gasteiger partial charge in [0, 0.05) is 19.3 Å². The number of nitrogens with zero attached hydrogens (tertiary/aromatic N) is 2. The van der Waals surface area contributed by atoms with Gasteiger partial charge in [-0.1, -0.05) is 0 Å². The second kappa shape index (κ2) is 5.82. The number of pyridine rings is 1. The van der Waals surface area contributed by atoms with E-state index in [0.29, 0.717) is 18.1 Å². The highest BCUT2D eigenvalue weighted by Gasteiger charge is 2.22. The van der Waals surface area contributed by atoms with Gasteiger partial charge in [0.05, 0.1) is 12.2 Å². The number of esters is 1. The van der Waals surface area contributed by atoms with E-state index in [1.807, 2.05) is 6.07 Å². The summed E-state index contributed by atoms with van der Waals surface area (Å²) < 4.78 is 4.92. The van der Waals surface area contributed by atoms with Gasteiger partial charge in [0.2, 0.25) is 0 Å². The molecule has 98 valence electrons. The van der Waals surface area contributed by atoms with Gasteiger partial charge in [-0.25, -0.2) is 9.78 Å². The van der Waals surface area contributed by atoms with Crippen LogP contribution >= 0.6 is 0 Å². The third-order valence-corrected chi connectivity index (χ3v) is 3.20. The second-order valence-corrected chi connectivity index (χ2v) is 4.46. The maximum absolute atomic E-state index is 11.5. The van der Waals surface area contributed by atoms with Gasteiger partial charge in [0.1, 0.15) is 5.82 Å². The Morgan fingerprint density at radius 1 is 1.61 bits per heavy atom. The Kier molecular flexibility index (Phi) is 4.15. The maximum Gasteiger partial charge on any atom is 0.339 e. The smallest absolute Gasteiger partial charge is 0.339 e. The first-order valence-corrected chi connectivity index (χ1v) is 6.32. The quantitative estimate of drug-likeness (QED) is 0.808. The number of anilines is 1. The Morgan fingerprint density at radius 2 is 2.44 bits per heavy atom. The van der Waals surface area contributed by atoms with Crippen molar-refractivity contribution in [2.75, 3.05) is 31.1 Å². The number of rotatable bonds is 4. The molecule has 1 aromatic heterocycles. The fraction of sp³-hybridized carbons (Fsp3) is 0.538. The summed E-state index contributed by atoms with van der Waals surface area (Å²) in [5.41, 5.74) is 6.16. The van der Waals surface area contributed by atoms with Gasteiger partial charge in [0.25, 0.3) is 0 Å². The number of ether oxygens (including phenoxy) is 1. The third kappa shape index (κ3) is 2.79. The Morgan fingerprint density at radius 3 is 3.00 bits per heavy atom. The molecule has 0 bridgehead atoms. The summed E-state index contributed by atoms with van der Waals surface area (Å²) in [6.07, 6.45) is 2.68. The molecule has 1 aliphatic rings. The van der Waals surface area contributed by atoms with Crippen LogP contribution < -0.4 is 10.6 Å². The first kappa shape index (κ1) is 12.8. The molecule has 0 aliphatic carbocycles. The van der Waals surface area contributed by atoms with Gasteiger partial charge in [-0.2, -0.15) is 0 Å². The van der Waals surface area contributed by atoms with E-state index in [4.69, 9.17) is 10.5 Å². The molecule has 5 nitrogen and oxygen atoms in total. The van der Waals surface area contributed by atoms with Crippen molar-refractivity contribution in [2.45, 2.75) is 13.3 Å². The third-order valence-electron chi connectivity index (χ3n) is 3.20. The average molecular weight is 249 g/mol. The second-order valence-electron chi connectivity index (χ2n) is 4.46. The molecule has 1 unspecified atom stereocenters. The van der Waals surface area contributed by atoms with Crippen LogP contribution in [0.1, 0.15) is 23.7 Å². The Bertz CT molecular complexity index is 405. The molecule has 2 rings (SSSR count).